The van der Waals surface area contributed by atoms with Crippen LogP contribution in [0, 0.1) is 0 Å². The van der Waals surface area contributed by atoms with Gasteiger partial charge in [-0.3, -0.25) is 4.79 Å². The first kappa shape index (κ1) is 9.85. The normalized spacial score (nSPS) is 27.2. The van der Waals surface area contributed by atoms with E-state index in [1.165, 1.54) is 11.1 Å². The number of amides is 1. The summed E-state index contributed by atoms with van der Waals surface area (Å²) in [4.78, 5) is 11.9. The van der Waals surface area contributed by atoms with Crippen LogP contribution in [0.2, 0.25) is 0 Å². The molecule has 0 aromatic heterocycles. The van der Waals surface area contributed by atoms with Crippen molar-refractivity contribution in [1.29, 1.82) is 0 Å². The third kappa shape index (κ3) is 1.35. The minimum absolute atomic E-state index is 0.0857. The molecule has 0 radical (unpaired) electrons. The monoisotopic (exact) mass is 216 g/mol. The second-order valence-electron chi connectivity index (χ2n) is 4.62. The average molecular weight is 216 g/mol. The number of hydrogen-bond donors (Lipinski definition) is 2. The molecule has 0 saturated carbocycles. The fraction of sp³-hybridized carbons (Fsp3) is 0.462. The van der Waals surface area contributed by atoms with Crippen LogP contribution in [0.15, 0.2) is 18.2 Å². The van der Waals surface area contributed by atoms with Crippen LogP contribution < -0.4 is 10.6 Å². The Balaban J connectivity index is 2.10. The van der Waals surface area contributed by atoms with E-state index in [4.69, 9.17) is 0 Å². The molecule has 1 aromatic rings. The molecule has 0 spiro atoms. The van der Waals surface area contributed by atoms with Gasteiger partial charge in [0.05, 0.1) is 0 Å². The lowest BCUT2D eigenvalue weighted by molar-refractivity contribution is 0.0924. The summed E-state index contributed by atoms with van der Waals surface area (Å²) in [5, 5.41) is 6.42. The molecule has 1 fully saturated rings. The summed E-state index contributed by atoms with van der Waals surface area (Å²) < 4.78 is 0. The lowest BCUT2D eigenvalue weighted by atomic mass is 9.85. The third-order valence-electron chi connectivity index (χ3n) is 3.70. The Kier molecular flexibility index (Phi) is 2.21. The van der Waals surface area contributed by atoms with Crippen molar-refractivity contribution in [2.24, 2.45) is 0 Å². The molecule has 0 bridgehead atoms. The van der Waals surface area contributed by atoms with Gasteiger partial charge in [0.25, 0.3) is 5.91 Å². The maximum atomic E-state index is 11.9. The minimum atomic E-state index is 0.0857. The van der Waals surface area contributed by atoms with Crippen molar-refractivity contribution >= 4 is 5.91 Å². The van der Waals surface area contributed by atoms with Crippen molar-refractivity contribution in [3.8, 4) is 0 Å². The van der Waals surface area contributed by atoms with Crippen molar-refractivity contribution in [1.82, 2.24) is 10.6 Å². The molecule has 1 aromatic carbocycles. The lowest BCUT2D eigenvalue weighted by Crippen LogP contribution is -2.44. The quantitative estimate of drug-likeness (QED) is 0.736. The van der Waals surface area contributed by atoms with Crippen LogP contribution in [-0.2, 0) is 6.42 Å². The van der Waals surface area contributed by atoms with E-state index in [1.807, 2.05) is 6.07 Å². The summed E-state index contributed by atoms with van der Waals surface area (Å²) in [5.74, 6) is 0.543. The number of nitrogens with one attached hydrogen (secondary N) is 2. The molecule has 2 aliphatic heterocycles. The first-order chi connectivity index (χ1) is 7.79. The first-order valence-corrected chi connectivity index (χ1v) is 5.94. The number of carbonyl (C=O) groups is 1. The van der Waals surface area contributed by atoms with Crippen LogP contribution in [0.3, 0.4) is 0 Å². The van der Waals surface area contributed by atoms with Crippen LogP contribution in [0.5, 0.6) is 0 Å². The number of hydrogen-bond acceptors (Lipinski definition) is 2. The largest absolute Gasteiger partial charge is 0.347 e. The molecule has 3 heteroatoms. The molecule has 1 saturated heterocycles. The number of fused-ring (bicyclic) bond motifs is 3. The molecule has 84 valence electrons. The van der Waals surface area contributed by atoms with Crippen LogP contribution >= 0.6 is 0 Å². The van der Waals surface area contributed by atoms with Crippen molar-refractivity contribution in [2.45, 2.75) is 25.3 Å². The van der Waals surface area contributed by atoms with Gasteiger partial charge in [-0.2, -0.15) is 0 Å². The fourth-order valence-electron chi connectivity index (χ4n) is 2.75. The maximum Gasteiger partial charge on any atom is 0.251 e. The van der Waals surface area contributed by atoms with Crippen molar-refractivity contribution in [2.75, 3.05) is 13.1 Å². The number of benzene rings is 1. The van der Waals surface area contributed by atoms with Crippen molar-refractivity contribution in [3.63, 3.8) is 0 Å². The summed E-state index contributed by atoms with van der Waals surface area (Å²) in [6, 6.07) is 6.52. The smallest absolute Gasteiger partial charge is 0.251 e. The molecule has 2 atom stereocenters. The van der Waals surface area contributed by atoms with Crippen molar-refractivity contribution < 1.29 is 4.79 Å². The zero-order chi connectivity index (χ0) is 11.1. The SMILES string of the molecule is CCc1ccc2c(c1)[C@H]1CNC[C@@H]1NC2=O. The van der Waals surface area contributed by atoms with E-state index in [9.17, 15) is 4.79 Å². The lowest BCUT2D eigenvalue weighted by Gasteiger charge is -2.28. The van der Waals surface area contributed by atoms with Crippen LogP contribution in [0.4, 0.5) is 0 Å². The molecule has 0 aliphatic carbocycles. The van der Waals surface area contributed by atoms with E-state index < -0.39 is 0 Å². The van der Waals surface area contributed by atoms with Crippen LogP contribution in [0.25, 0.3) is 0 Å². The van der Waals surface area contributed by atoms with Gasteiger partial charge in [-0.15, -0.1) is 0 Å². The Bertz CT molecular complexity index is 442. The maximum absolute atomic E-state index is 11.9. The van der Waals surface area contributed by atoms with Crippen molar-refractivity contribution in [3.05, 3.63) is 34.9 Å². The molecular formula is C13H16N2O. The highest BCUT2D eigenvalue weighted by molar-refractivity contribution is 5.97. The van der Waals surface area contributed by atoms with E-state index in [1.54, 1.807) is 0 Å². The minimum Gasteiger partial charge on any atom is -0.347 e. The van der Waals surface area contributed by atoms with E-state index in [0.29, 0.717) is 5.92 Å². The molecule has 0 unspecified atom stereocenters. The van der Waals surface area contributed by atoms with E-state index in [2.05, 4.69) is 29.7 Å². The van der Waals surface area contributed by atoms with E-state index in [0.717, 1.165) is 25.1 Å². The molecule has 2 N–H and O–H groups in total. The molecule has 16 heavy (non-hydrogen) atoms. The predicted molar refractivity (Wildman–Crippen MR) is 62.7 cm³/mol. The third-order valence-corrected chi connectivity index (χ3v) is 3.70. The summed E-state index contributed by atoms with van der Waals surface area (Å²) in [7, 11) is 0. The molecule has 3 nitrogen and oxygen atoms in total. The molecule has 2 aliphatic rings. The molecule has 3 rings (SSSR count). The van der Waals surface area contributed by atoms with Crippen LogP contribution in [-0.4, -0.2) is 25.0 Å². The Morgan fingerprint density at radius 3 is 3.06 bits per heavy atom. The zero-order valence-electron chi connectivity index (χ0n) is 9.42. The van der Waals surface area contributed by atoms with Gasteiger partial charge in [-0.1, -0.05) is 19.1 Å². The Hall–Kier alpha value is -1.35. The van der Waals surface area contributed by atoms with Gasteiger partial charge < -0.3 is 10.6 Å². The van der Waals surface area contributed by atoms with Crippen LogP contribution in [0.1, 0.15) is 34.3 Å². The number of rotatable bonds is 1. The summed E-state index contributed by atoms with van der Waals surface area (Å²) in [6.45, 7) is 4.02. The first-order valence-electron chi connectivity index (χ1n) is 5.94. The Morgan fingerprint density at radius 2 is 2.25 bits per heavy atom. The van der Waals surface area contributed by atoms with Gasteiger partial charge in [0.2, 0.25) is 0 Å². The number of carbonyl (C=O) groups excluding carboxylic acids is 1. The van der Waals surface area contributed by atoms with Gasteiger partial charge >= 0.3 is 0 Å². The average Bonchev–Trinajstić information content (AvgIpc) is 2.76. The topological polar surface area (TPSA) is 41.1 Å². The second kappa shape index (κ2) is 3.59. The second-order valence-corrected chi connectivity index (χ2v) is 4.62. The van der Waals surface area contributed by atoms with Gasteiger partial charge in [0.15, 0.2) is 0 Å². The highest BCUT2D eigenvalue weighted by Crippen LogP contribution is 2.31. The standard InChI is InChI=1S/C13H16N2O/c1-2-8-3-4-9-10(5-8)11-6-14-7-12(11)15-13(9)16/h3-5,11-12,14H,2,6-7H2,1H3,(H,15,16)/t11-,12+/m1/s1. The van der Waals surface area contributed by atoms with Gasteiger partial charge in [-0.05, 0) is 23.6 Å². The molecule has 2 heterocycles. The van der Waals surface area contributed by atoms with Gasteiger partial charge in [0, 0.05) is 30.6 Å². The Morgan fingerprint density at radius 1 is 1.38 bits per heavy atom. The highest BCUT2D eigenvalue weighted by atomic mass is 16.1. The summed E-state index contributed by atoms with van der Waals surface area (Å²) >= 11 is 0. The van der Waals surface area contributed by atoms with E-state index in [-0.39, 0.29) is 11.9 Å². The Labute approximate surface area is 95.2 Å². The molecule has 1 amide bonds. The molecular weight excluding hydrogens is 200 g/mol. The highest BCUT2D eigenvalue weighted by Gasteiger charge is 2.36. The fourth-order valence-corrected chi connectivity index (χ4v) is 2.75. The van der Waals surface area contributed by atoms with Gasteiger partial charge in [-0.25, -0.2) is 0 Å². The zero-order valence-corrected chi connectivity index (χ0v) is 9.42. The van der Waals surface area contributed by atoms with Gasteiger partial charge in [0.1, 0.15) is 0 Å². The van der Waals surface area contributed by atoms with E-state index >= 15 is 0 Å². The number of aryl methyl sites for hydroxylation is 1. The summed E-state index contributed by atoms with van der Waals surface area (Å²) in [6.07, 6.45) is 1.03. The predicted octanol–water partition coefficient (Wildman–Crippen LogP) is 1.05. The summed E-state index contributed by atoms with van der Waals surface area (Å²) in [5.41, 5.74) is 3.42.